The highest BCUT2D eigenvalue weighted by Crippen LogP contribution is 2.29. The van der Waals surface area contributed by atoms with Crippen LogP contribution in [0.5, 0.6) is 11.5 Å². The second-order valence-corrected chi connectivity index (χ2v) is 4.10. The lowest BCUT2D eigenvalue weighted by molar-refractivity contribution is 0.195. The molecule has 0 amide bonds. The van der Waals surface area contributed by atoms with Gasteiger partial charge in [-0.2, -0.15) is 0 Å². The van der Waals surface area contributed by atoms with E-state index in [1.165, 1.54) is 18.2 Å². The second kappa shape index (κ2) is 5.14. The molecular formula is C14H14FNO2. The van der Waals surface area contributed by atoms with Crippen LogP contribution in [0.4, 0.5) is 4.39 Å². The van der Waals surface area contributed by atoms with Gasteiger partial charge in [-0.1, -0.05) is 0 Å². The van der Waals surface area contributed by atoms with Gasteiger partial charge in [-0.25, -0.2) is 4.39 Å². The van der Waals surface area contributed by atoms with Gasteiger partial charge in [0.15, 0.2) is 0 Å². The van der Waals surface area contributed by atoms with Crippen molar-refractivity contribution in [2.24, 2.45) is 0 Å². The Morgan fingerprint density at radius 1 is 1.28 bits per heavy atom. The molecule has 0 aliphatic rings. The SMILES string of the molecule is Cc1ccc(Oc2ccc(F)cc2[C@@H](C)O)cn1. The molecule has 0 radical (unpaired) electrons. The quantitative estimate of drug-likeness (QED) is 0.904. The minimum atomic E-state index is -0.797. The zero-order valence-electron chi connectivity index (χ0n) is 10.2. The highest BCUT2D eigenvalue weighted by molar-refractivity contribution is 5.38. The van der Waals surface area contributed by atoms with Gasteiger partial charge in [-0.15, -0.1) is 0 Å². The summed E-state index contributed by atoms with van der Waals surface area (Å²) in [5.41, 5.74) is 1.30. The Morgan fingerprint density at radius 2 is 2.06 bits per heavy atom. The summed E-state index contributed by atoms with van der Waals surface area (Å²) in [6, 6.07) is 7.65. The second-order valence-electron chi connectivity index (χ2n) is 4.10. The van der Waals surface area contributed by atoms with Crippen molar-refractivity contribution >= 4 is 0 Å². The number of aliphatic hydroxyl groups excluding tert-OH is 1. The highest BCUT2D eigenvalue weighted by Gasteiger charge is 2.11. The lowest BCUT2D eigenvalue weighted by atomic mass is 10.1. The number of nitrogens with zero attached hydrogens (tertiary/aromatic N) is 1. The van der Waals surface area contributed by atoms with Crippen molar-refractivity contribution in [1.29, 1.82) is 0 Å². The summed E-state index contributed by atoms with van der Waals surface area (Å²) < 4.78 is 18.7. The normalized spacial score (nSPS) is 12.2. The molecule has 94 valence electrons. The average molecular weight is 247 g/mol. The number of aromatic nitrogens is 1. The molecule has 0 aliphatic carbocycles. The van der Waals surface area contributed by atoms with Crippen LogP contribution in [0.1, 0.15) is 24.3 Å². The molecule has 0 saturated carbocycles. The first-order chi connectivity index (χ1) is 8.56. The van der Waals surface area contributed by atoms with Crippen molar-refractivity contribution in [3.05, 3.63) is 53.6 Å². The van der Waals surface area contributed by atoms with Crippen LogP contribution in [0.25, 0.3) is 0 Å². The molecule has 2 rings (SSSR count). The van der Waals surface area contributed by atoms with Gasteiger partial charge in [0.1, 0.15) is 17.3 Å². The van der Waals surface area contributed by atoms with Gasteiger partial charge in [-0.05, 0) is 44.2 Å². The molecule has 0 fully saturated rings. The van der Waals surface area contributed by atoms with E-state index in [1.54, 1.807) is 19.2 Å². The van der Waals surface area contributed by atoms with Crippen LogP contribution >= 0.6 is 0 Å². The van der Waals surface area contributed by atoms with Gasteiger partial charge in [0.05, 0.1) is 12.3 Å². The first kappa shape index (κ1) is 12.5. The van der Waals surface area contributed by atoms with E-state index in [9.17, 15) is 9.50 Å². The van der Waals surface area contributed by atoms with Gasteiger partial charge < -0.3 is 9.84 Å². The number of ether oxygens (including phenoxy) is 1. The van der Waals surface area contributed by atoms with Gasteiger partial charge >= 0.3 is 0 Å². The molecule has 0 spiro atoms. The molecule has 1 aromatic heterocycles. The monoisotopic (exact) mass is 247 g/mol. The zero-order chi connectivity index (χ0) is 13.1. The molecule has 18 heavy (non-hydrogen) atoms. The third kappa shape index (κ3) is 2.84. The van der Waals surface area contributed by atoms with E-state index in [4.69, 9.17) is 4.74 Å². The molecule has 0 saturated heterocycles. The molecule has 3 nitrogen and oxygen atoms in total. The van der Waals surface area contributed by atoms with E-state index in [0.29, 0.717) is 17.1 Å². The predicted molar refractivity (Wildman–Crippen MR) is 66.1 cm³/mol. The number of pyridine rings is 1. The lowest BCUT2D eigenvalue weighted by Crippen LogP contribution is -1.97. The van der Waals surface area contributed by atoms with E-state index in [2.05, 4.69) is 4.98 Å². The number of halogens is 1. The maximum atomic E-state index is 13.1. The van der Waals surface area contributed by atoms with Gasteiger partial charge in [0.25, 0.3) is 0 Å². The summed E-state index contributed by atoms with van der Waals surface area (Å²) in [5, 5.41) is 9.59. The molecule has 1 atom stereocenters. The number of aryl methyl sites for hydroxylation is 1. The number of hydrogen-bond donors (Lipinski definition) is 1. The molecule has 0 aliphatic heterocycles. The zero-order valence-corrected chi connectivity index (χ0v) is 10.2. The van der Waals surface area contributed by atoms with Crippen molar-refractivity contribution in [3.63, 3.8) is 0 Å². The number of hydrogen-bond acceptors (Lipinski definition) is 3. The van der Waals surface area contributed by atoms with E-state index in [1.807, 2.05) is 13.0 Å². The fourth-order valence-electron chi connectivity index (χ4n) is 1.58. The van der Waals surface area contributed by atoms with Crippen LogP contribution in [-0.4, -0.2) is 10.1 Å². The van der Waals surface area contributed by atoms with Crippen LogP contribution in [-0.2, 0) is 0 Å². The topological polar surface area (TPSA) is 42.4 Å². The Kier molecular flexibility index (Phi) is 3.58. The van der Waals surface area contributed by atoms with Gasteiger partial charge in [0.2, 0.25) is 0 Å². The molecular weight excluding hydrogens is 233 g/mol. The third-order valence-electron chi connectivity index (χ3n) is 2.53. The van der Waals surface area contributed by atoms with Crippen LogP contribution in [0.2, 0.25) is 0 Å². The Bertz CT molecular complexity index is 538. The Labute approximate surface area is 105 Å². The minimum Gasteiger partial charge on any atom is -0.455 e. The Morgan fingerprint density at radius 3 is 2.67 bits per heavy atom. The van der Waals surface area contributed by atoms with Crippen LogP contribution in [0, 0.1) is 12.7 Å². The van der Waals surface area contributed by atoms with Crippen LogP contribution < -0.4 is 4.74 Å². The van der Waals surface area contributed by atoms with E-state index in [0.717, 1.165) is 5.69 Å². The Balaban J connectivity index is 2.31. The Hall–Kier alpha value is -1.94. The van der Waals surface area contributed by atoms with Crippen molar-refractivity contribution < 1.29 is 14.2 Å². The molecule has 4 heteroatoms. The van der Waals surface area contributed by atoms with E-state index >= 15 is 0 Å². The summed E-state index contributed by atoms with van der Waals surface area (Å²) in [6.07, 6.45) is 0.791. The first-order valence-electron chi connectivity index (χ1n) is 5.64. The van der Waals surface area contributed by atoms with Crippen LogP contribution in [0.15, 0.2) is 36.5 Å². The fraction of sp³-hybridized carbons (Fsp3) is 0.214. The molecule has 0 bridgehead atoms. The summed E-state index contributed by atoms with van der Waals surface area (Å²) in [6.45, 7) is 3.44. The van der Waals surface area contributed by atoms with Gasteiger partial charge in [0, 0.05) is 11.3 Å². The van der Waals surface area contributed by atoms with Crippen molar-refractivity contribution in [2.75, 3.05) is 0 Å². The molecule has 1 N–H and O–H groups in total. The van der Waals surface area contributed by atoms with Crippen molar-refractivity contribution in [1.82, 2.24) is 4.98 Å². The summed E-state index contributed by atoms with van der Waals surface area (Å²) in [7, 11) is 0. The maximum Gasteiger partial charge on any atom is 0.145 e. The smallest absolute Gasteiger partial charge is 0.145 e. The largest absolute Gasteiger partial charge is 0.455 e. The van der Waals surface area contributed by atoms with Crippen molar-refractivity contribution in [3.8, 4) is 11.5 Å². The molecule has 1 heterocycles. The first-order valence-corrected chi connectivity index (χ1v) is 5.64. The molecule has 1 aromatic carbocycles. The molecule has 0 unspecified atom stereocenters. The maximum absolute atomic E-state index is 13.1. The number of rotatable bonds is 3. The highest BCUT2D eigenvalue weighted by atomic mass is 19.1. The minimum absolute atomic E-state index is 0.403. The summed E-state index contributed by atoms with van der Waals surface area (Å²) in [4.78, 5) is 4.11. The average Bonchev–Trinajstić information content (AvgIpc) is 2.34. The number of benzene rings is 1. The van der Waals surface area contributed by atoms with Crippen molar-refractivity contribution in [2.45, 2.75) is 20.0 Å². The van der Waals surface area contributed by atoms with Crippen LogP contribution in [0.3, 0.4) is 0 Å². The van der Waals surface area contributed by atoms with Gasteiger partial charge in [-0.3, -0.25) is 4.98 Å². The predicted octanol–water partition coefficient (Wildman–Crippen LogP) is 3.37. The summed E-state index contributed by atoms with van der Waals surface area (Å²) >= 11 is 0. The standard InChI is InChI=1S/C14H14FNO2/c1-9-3-5-12(8-16-9)18-14-6-4-11(15)7-13(14)10(2)17/h3-8,10,17H,1-2H3/t10-/m1/s1. The fourth-order valence-corrected chi connectivity index (χ4v) is 1.58. The lowest BCUT2D eigenvalue weighted by Gasteiger charge is -2.13. The third-order valence-corrected chi connectivity index (χ3v) is 2.53. The summed E-state index contributed by atoms with van der Waals surface area (Å²) in [5.74, 6) is 0.575. The molecule has 2 aromatic rings. The van der Waals surface area contributed by atoms with E-state index < -0.39 is 11.9 Å². The van der Waals surface area contributed by atoms with E-state index in [-0.39, 0.29) is 0 Å². The number of aliphatic hydroxyl groups is 1.